The van der Waals surface area contributed by atoms with Gasteiger partial charge in [0.25, 0.3) is 0 Å². The van der Waals surface area contributed by atoms with Gasteiger partial charge < -0.3 is 5.32 Å². The highest BCUT2D eigenvalue weighted by Gasteiger charge is 2.18. The fourth-order valence-electron chi connectivity index (χ4n) is 2.13. The monoisotopic (exact) mass is 322 g/mol. The highest BCUT2D eigenvalue weighted by atomic mass is 35.5. The van der Waals surface area contributed by atoms with Crippen LogP contribution in [0.15, 0.2) is 35.7 Å². The van der Waals surface area contributed by atoms with E-state index in [1.165, 1.54) is 4.88 Å². The second-order valence-corrected chi connectivity index (χ2v) is 7.46. The van der Waals surface area contributed by atoms with Gasteiger partial charge in [-0.2, -0.15) is 0 Å². The van der Waals surface area contributed by atoms with Crippen LogP contribution in [-0.2, 0) is 0 Å². The number of aromatic nitrogens is 1. The summed E-state index contributed by atoms with van der Waals surface area (Å²) in [5.41, 5.74) is 0.996. The molecule has 0 saturated carbocycles. The maximum absolute atomic E-state index is 6.03. The van der Waals surface area contributed by atoms with Gasteiger partial charge in [0.05, 0.1) is 16.3 Å². The molecule has 2 nitrogen and oxygen atoms in total. The van der Waals surface area contributed by atoms with Gasteiger partial charge in [0, 0.05) is 9.90 Å². The Morgan fingerprint density at radius 2 is 2.10 bits per heavy atom. The molecule has 1 N–H and O–H groups in total. The molecule has 3 rings (SSSR count). The third-order valence-corrected chi connectivity index (χ3v) is 5.29. The Morgan fingerprint density at radius 1 is 1.25 bits per heavy atom. The van der Waals surface area contributed by atoms with Gasteiger partial charge in [0.1, 0.15) is 0 Å². The number of hydrogen-bond donors (Lipinski definition) is 1. The first kappa shape index (κ1) is 13.9. The van der Waals surface area contributed by atoms with Crippen molar-refractivity contribution in [1.82, 2.24) is 4.98 Å². The predicted molar refractivity (Wildman–Crippen MR) is 90.2 cm³/mol. The molecule has 0 aliphatic rings. The Hall–Kier alpha value is -1.10. The zero-order chi connectivity index (χ0) is 14.1. The van der Waals surface area contributed by atoms with Crippen molar-refractivity contribution in [3.8, 4) is 0 Å². The van der Waals surface area contributed by atoms with Crippen molar-refractivity contribution in [3.05, 3.63) is 45.6 Å². The molecule has 1 atom stereocenters. The molecule has 20 heavy (non-hydrogen) atoms. The lowest BCUT2D eigenvalue weighted by Crippen LogP contribution is -2.15. The average molecular weight is 323 g/mol. The van der Waals surface area contributed by atoms with Crippen molar-refractivity contribution in [1.29, 1.82) is 0 Å². The molecule has 0 radical (unpaired) electrons. The largest absolute Gasteiger partial charge is 0.354 e. The number of benzene rings is 1. The Morgan fingerprint density at radius 3 is 2.80 bits per heavy atom. The molecule has 0 aliphatic heterocycles. The molecule has 0 spiro atoms. The molecule has 1 aromatic carbocycles. The van der Waals surface area contributed by atoms with Gasteiger partial charge in [-0.25, -0.2) is 4.98 Å². The average Bonchev–Trinajstić information content (AvgIpc) is 3.03. The van der Waals surface area contributed by atoms with E-state index in [0.717, 1.165) is 20.4 Å². The zero-order valence-electron chi connectivity index (χ0n) is 11.3. The number of fused-ring (bicyclic) bond motifs is 1. The van der Waals surface area contributed by atoms with Crippen molar-refractivity contribution in [2.75, 3.05) is 5.32 Å². The SMILES string of the molecule is CC(C)C(Nc1nc2ccc(Cl)cc2s1)c1cccs1. The molecule has 104 valence electrons. The molecule has 0 fully saturated rings. The van der Waals surface area contributed by atoms with Crippen LogP contribution >= 0.6 is 34.3 Å². The van der Waals surface area contributed by atoms with Gasteiger partial charge in [-0.3, -0.25) is 0 Å². The van der Waals surface area contributed by atoms with Gasteiger partial charge in [-0.15, -0.1) is 11.3 Å². The van der Waals surface area contributed by atoms with Crippen LogP contribution in [0.1, 0.15) is 24.8 Å². The minimum Gasteiger partial charge on any atom is -0.354 e. The Kier molecular flexibility index (Phi) is 3.96. The Balaban J connectivity index is 1.90. The van der Waals surface area contributed by atoms with E-state index in [2.05, 4.69) is 41.7 Å². The van der Waals surface area contributed by atoms with Crippen molar-refractivity contribution in [2.45, 2.75) is 19.9 Å². The van der Waals surface area contributed by atoms with Gasteiger partial charge in [0.2, 0.25) is 0 Å². The number of hydrogen-bond acceptors (Lipinski definition) is 4. The topological polar surface area (TPSA) is 24.9 Å². The number of rotatable bonds is 4. The molecule has 0 amide bonds. The lowest BCUT2D eigenvalue weighted by atomic mass is 10.0. The first-order valence-corrected chi connectivity index (χ1v) is 8.57. The van der Waals surface area contributed by atoms with E-state index >= 15 is 0 Å². The number of nitrogens with one attached hydrogen (secondary N) is 1. The minimum atomic E-state index is 0.297. The maximum atomic E-state index is 6.03. The molecule has 1 unspecified atom stereocenters. The third-order valence-electron chi connectivity index (χ3n) is 3.15. The van der Waals surface area contributed by atoms with E-state index in [1.807, 2.05) is 18.2 Å². The summed E-state index contributed by atoms with van der Waals surface area (Å²) in [6.45, 7) is 4.45. The number of halogens is 1. The summed E-state index contributed by atoms with van der Waals surface area (Å²) in [6, 6.07) is 10.4. The highest BCUT2D eigenvalue weighted by molar-refractivity contribution is 7.22. The molecule has 5 heteroatoms. The molecule has 2 heterocycles. The zero-order valence-corrected chi connectivity index (χ0v) is 13.6. The van der Waals surface area contributed by atoms with Crippen molar-refractivity contribution < 1.29 is 0 Å². The smallest absolute Gasteiger partial charge is 0.184 e. The van der Waals surface area contributed by atoms with Gasteiger partial charge in [0.15, 0.2) is 5.13 Å². The van der Waals surface area contributed by atoms with Crippen LogP contribution in [0.3, 0.4) is 0 Å². The number of anilines is 1. The number of thiazole rings is 1. The normalized spacial score (nSPS) is 13.0. The summed E-state index contributed by atoms with van der Waals surface area (Å²) in [4.78, 5) is 5.98. The van der Waals surface area contributed by atoms with E-state index in [-0.39, 0.29) is 0 Å². The third kappa shape index (κ3) is 2.82. The van der Waals surface area contributed by atoms with Gasteiger partial charge >= 0.3 is 0 Å². The molecule has 3 aromatic rings. The van der Waals surface area contributed by atoms with Crippen LogP contribution in [0.2, 0.25) is 5.02 Å². The van der Waals surface area contributed by atoms with Crippen LogP contribution in [0, 0.1) is 5.92 Å². The first-order chi connectivity index (χ1) is 9.63. The lowest BCUT2D eigenvalue weighted by molar-refractivity contribution is 0.553. The summed E-state index contributed by atoms with van der Waals surface area (Å²) >= 11 is 9.46. The quantitative estimate of drug-likeness (QED) is 0.654. The number of thiophene rings is 1. The summed E-state index contributed by atoms with van der Waals surface area (Å²) in [7, 11) is 0. The maximum Gasteiger partial charge on any atom is 0.184 e. The first-order valence-electron chi connectivity index (χ1n) is 6.49. The van der Waals surface area contributed by atoms with Crippen LogP contribution in [0.4, 0.5) is 5.13 Å². The fraction of sp³-hybridized carbons (Fsp3) is 0.267. The Labute approximate surface area is 131 Å². The molecule has 2 aromatic heterocycles. The van der Waals surface area contributed by atoms with Crippen LogP contribution in [-0.4, -0.2) is 4.98 Å². The minimum absolute atomic E-state index is 0.297. The second kappa shape index (κ2) is 5.72. The summed E-state index contributed by atoms with van der Waals surface area (Å²) in [6.07, 6.45) is 0. The predicted octanol–water partition coefficient (Wildman–Crippen LogP) is 5.82. The summed E-state index contributed by atoms with van der Waals surface area (Å²) < 4.78 is 1.12. The highest BCUT2D eigenvalue weighted by Crippen LogP contribution is 2.34. The van der Waals surface area contributed by atoms with Crippen LogP contribution in [0.5, 0.6) is 0 Å². The molecule has 0 bridgehead atoms. The van der Waals surface area contributed by atoms with Crippen molar-refractivity contribution >= 4 is 49.6 Å². The molecular weight excluding hydrogens is 308 g/mol. The van der Waals surface area contributed by atoms with E-state index in [0.29, 0.717) is 12.0 Å². The van der Waals surface area contributed by atoms with Crippen molar-refractivity contribution in [3.63, 3.8) is 0 Å². The van der Waals surface area contributed by atoms with E-state index in [4.69, 9.17) is 11.6 Å². The second-order valence-electron chi connectivity index (χ2n) is 5.01. The lowest BCUT2D eigenvalue weighted by Gasteiger charge is -2.20. The molecule has 0 aliphatic carbocycles. The van der Waals surface area contributed by atoms with E-state index < -0.39 is 0 Å². The van der Waals surface area contributed by atoms with Crippen LogP contribution < -0.4 is 5.32 Å². The van der Waals surface area contributed by atoms with Gasteiger partial charge in [-0.1, -0.05) is 42.9 Å². The summed E-state index contributed by atoms with van der Waals surface area (Å²) in [5, 5.41) is 7.39. The molecule has 0 saturated heterocycles. The van der Waals surface area contributed by atoms with Crippen LogP contribution in [0.25, 0.3) is 10.2 Å². The fourth-order valence-corrected chi connectivity index (χ4v) is 4.26. The standard InChI is InChI=1S/C15H15ClN2S2/c1-9(2)14(12-4-3-7-19-12)18-15-17-11-6-5-10(16)8-13(11)20-15/h3-9,14H,1-2H3,(H,17,18). The number of nitrogens with zero attached hydrogens (tertiary/aromatic N) is 1. The Bertz CT molecular complexity index is 704. The van der Waals surface area contributed by atoms with E-state index in [9.17, 15) is 0 Å². The van der Waals surface area contributed by atoms with Gasteiger partial charge in [-0.05, 0) is 35.6 Å². The van der Waals surface area contributed by atoms with Crippen molar-refractivity contribution in [2.24, 2.45) is 5.92 Å². The van der Waals surface area contributed by atoms with E-state index in [1.54, 1.807) is 22.7 Å². The summed E-state index contributed by atoms with van der Waals surface area (Å²) in [5.74, 6) is 0.504. The molecular formula is C15H15ClN2S2.